The number of nitrogens with one attached hydrogen (secondary N) is 3. The zero-order valence-corrected chi connectivity index (χ0v) is 17.5. The maximum atomic E-state index is 12.4. The van der Waals surface area contributed by atoms with Gasteiger partial charge < -0.3 is 24.5 Å². The van der Waals surface area contributed by atoms with Gasteiger partial charge in [0, 0.05) is 24.0 Å². The summed E-state index contributed by atoms with van der Waals surface area (Å²) in [6.45, 7) is 0.910. The smallest absolute Gasteiger partial charge is 0.291 e. The lowest BCUT2D eigenvalue weighted by Crippen LogP contribution is -2.34. The lowest BCUT2D eigenvalue weighted by molar-refractivity contribution is 0.0975. The van der Waals surface area contributed by atoms with Crippen LogP contribution in [0.3, 0.4) is 0 Å². The molecule has 3 N–H and O–H groups in total. The van der Waals surface area contributed by atoms with E-state index >= 15 is 0 Å². The Balaban J connectivity index is 1.53. The van der Waals surface area contributed by atoms with Gasteiger partial charge in [0.1, 0.15) is 12.4 Å². The van der Waals surface area contributed by atoms with E-state index in [2.05, 4.69) is 16.0 Å². The average molecular weight is 439 g/mol. The highest BCUT2D eigenvalue weighted by Crippen LogP contribution is 2.17. The van der Waals surface area contributed by atoms with Crippen molar-refractivity contribution in [3.63, 3.8) is 0 Å². The minimum atomic E-state index is -0.368. The van der Waals surface area contributed by atoms with E-state index in [1.807, 2.05) is 0 Å². The Bertz CT molecular complexity index is 1040. The number of hydrogen-bond donors (Lipinski definition) is 3. The Morgan fingerprint density at radius 2 is 1.68 bits per heavy atom. The van der Waals surface area contributed by atoms with Crippen LogP contribution < -0.4 is 20.7 Å². The standard InChI is InChI=1S/C22H21N3O5S/c1-28-12-13-29-18-9-7-15(8-10-18)20(26)25-22(31)24-17-5-2-4-16(14-17)23-21(27)19-6-3-11-30-19/h2-11,14H,12-13H2,1H3,(H,23,27)(H2,24,25,26,31). The van der Waals surface area contributed by atoms with E-state index in [-0.39, 0.29) is 22.7 Å². The summed E-state index contributed by atoms with van der Waals surface area (Å²) in [5.74, 6) is 0.120. The molecular formula is C22H21N3O5S. The van der Waals surface area contributed by atoms with Crippen LogP contribution in [0.2, 0.25) is 0 Å². The largest absolute Gasteiger partial charge is 0.491 e. The Hall–Kier alpha value is -3.69. The van der Waals surface area contributed by atoms with Gasteiger partial charge >= 0.3 is 0 Å². The predicted molar refractivity (Wildman–Crippen MR) is 121 cm³/mol. The van der Waals surface area contributed by atoms with Crippen LogP contribution in [0.4, 0.5) is 11.4 Å². The second-order valence-corrected chi connectivity index (χ2v) is 6.69. The first-order valence-electron chi connectivity index (χ1n) is 9.34. The molecular weight excluding hydrogens is 418 g/mol. The van der Waals surface area contributed by atoms with Crippen molar-refractivity contribution in [3.8, 4) is 5.75 Å². The summed E-state index contributed by atoms with van der Waals surface area (Å²) in [7, 11) is 1.60. The molecule has 0 fully saturated rings. The van der Waals surface area contributed by atoms with Crippen LogP contribution in [-0.2, 0) is 4.74 Å². The van der Waals surface area contributed by atoms with Gasteiger partial charge in [-0.05, 0) is 66.8 Å². The van der Waals surface area contributed by atoms with Gasteiger partial charge in [0.25, 0.3) is 11.8 Å². The second-order valence-electron chi connectivity index (χ2n) is 6.29. The Morgan fingerprint density at radius 1 is 0.935 bits per heavy atom. The van der Waals surface area contributed by atoms with Gasteiger partial charge in [-0.3, -0.25) is 14.9 Å². The number of furan rings is 1. The van der Waals surface area contributed by atoms with E-state index in [1.54, 1.807) is 67.8 Å². The van der Waals surface area contributed by atoms with Crippen molar-refractivity contribution in [1.29, 1.82) is 0 Å². The minimum Gasteiger partial charge on any atom is -0.491 e. The number of carbonyl (C=O) groups is 2. The molecule has 0 aliphatic carbocycles. The average Bonchev–Trinajstić information content (AvgIpc) is 3.30. The summed E-state index contributed by atoms with van der Waals surface area (Å²) >= 11 is 5.22. The number of hydrogen-bond acceptors (Lipinski definition) is 6. The summed E-state index contributed by atoms with van der Waals surface area (Å²) in [6, 6.07) is 16.8. The van der Waals surface area contributed by atoms with E-state index in [0.29, 0.717) is 35.9 Å². The van der Waals surface area contributed by atoms with Gasteiger partial charge in [-0.15, -0.1) is 0 Å². The van der Waals surface area contributed by atoms with Crippen molar-refractivity contribution in [2.45, 2.75) is 0 Å². The summed E-state index contributed by atoms with van der Waals surface area (Å²) in [5, 5.41) is 8.39. The van der Waals surface area contributed by atoms with E-state index in [1.165, 1.54) is 6.26 Å². The molecule has 0 radical (unpaired) electrons. The third-order valence-electron chi connectivity index (χ3n) is 4.02. The molecule has 0 atom stereocenters. The molecule has 0 aliphatic heterocycles. The molecule has 31 heavy (non-hydrogen) atoms. The number of methoxy groups -OCH3 is 1. The molecule has 0 saturated heterocycles. The van der Waals surface area contributed by atoms with Gasteiger partial charge in [-0.1, -0.05) is 6.07 Å². The molecule has 0 bridgehead atoms. The lowest BCUT2D eigenvalue weighted by Gasteiger charge is -2.11. The highest BCUT2D eigenvalue weighted by atomic mass is 32.1. The SMILES string of the molecule is COCCOc1ccc(C(=O)NC(=S)Nc2cccc(NC(=O)c3ccco3)c2)cc1. The molecule has 1 aromatic heterocycles. The van der Waals surface area contributed by atoms with Crippen LogP contribution in [0.1, 0.15) is 20.9 Å². The van der Waals surface area contributed by atoms with Crippen LogP contribution in [0.15, 0.2) is 71.3 Å². The molecule has 0 spiro atoms. The molecule has 3 aromatic rings. The van der Waals surface area contributed by atoms with Crippen molar-refractivity contribution < 1.29 is 23.5 Å². The Morgan fingerprint density at radius 3 is 2.35 bits per heavy atom. The molecule has 8 nitrogen and oxygen atoms in total. The number of ether oxygens (including phenoxy) is 2. The summed E-state index contributed by atoms with van der Waals surface area (Å²) in [6.07, 6.45) is 1.43. The van der Waals surface area contributed by atoms with Gasteiger partial charge in [-0.25, -0.2) is 0 Å². The molecule has 1 heterocycles. The lowest BCUT2D eigenvalue weighted by atomic mass is 10.2. The first kappa shape index (κ1) is 22.0. The van der Waals surface area contributed by atoms with Gasteiger partial charge in [0.15, 0.2) is 10.9 Å². The number of benzene rings is 2. The number of carbonyl (C=O) groups excluding carboxylic acids is 2. The van der Waals surface area contributed by atoms with E-state index in [4.69, 9.17) is 26.1 Å². The van der Waals surface area contributed by atoms with Crippen molar-refractivity contribution in [3.05, 3.63) is 78.3 Å². The van der Waals surface area contributed by atoms with Crippen LogP contribution in [0.5, 0.6) is 5.75 Å². The maximum Gasteiger partial charge on any atom is 0.291 e. The molecule has 9 heteroatoms. The molecule has 160 valence electrons. The van der Waals surface area contributed by atoms with Gasteiger partial charge in [0.2, 0.25) is 0 Å². The first-order valence-corrected chi connectivity index (χ1v) is 9.75. The van der Waals surface area contributed by atoms with E-state index in [0.717, 1.165) is 0 Å². The summed E-state index contributed by atoms with van der Waals surface area (Å²) < 4.78 is 15.5. The highest BCUT2D eigenvalue weighted by molar-refractivity contribution is 7.80. The number of thiocarbonyl (C=S) groups is 1. The predicted octanol–water partition coefficient (Wildman–Crippen LogP) is 3.68. The van der Waals surface area contributed by atoms with Crippen molar-refractivity contribution in [2.24, 2.45) is 0 Å². The summed E-state index contributed by atoms with van der Waals surface area (Å²) in [4.78, 5) is 24.5. The van der Waals surface area contributed by atoms with E-state index < -0.39 is 0 Å². The fourth-order valence-corrected chi connectivity index (χ4v) is 2.77. The molecule has 0 saturated carbocycles. The third-order valence-corrected chi connectivity index (χ3v) is 4.23. The van der Waals surface area contributed by atoms with Crippen LogP contribution in [0.25, 0.3) is 0 Å². The zero-order valence-electron chi connectivity index (χ0n) is 16.7. The van der Waals surface area contributed by atoms with Crippen LogP contribution in [0, 0.1) is 0 Å². The Kier molecular flexibility index (Phi) is 7.74. The molecule has 2 amide bonds. The number of amides is 2. The molecule has 2 aromatic carbocycles. The Labute approximate surface area is 184 Å². The topological polar surface area (TPSA) is 102 Å². The van der Waals surface area contributed by atoms with Crippen LogP contribution in [-0.4, -0.2) is 37.3 Å². The normalized spacial score (nSPS) is 10.2. The molecule has 0 aliphatic rings. The first-order chi connectivity index (χ1) is 15.0. The molecule has 3 rings (SSSR count). The third kappa shape index (κ3) is 6.66. The number of anilines is 2. The highest BCUT2D eigenvalue weighted by Gasteiger charge is 2.11. The van der Waals surface area contributed by atoms with Crippen LogP contribution >= 0.6 is 12.2 Å². The van der Waals surface area contributed by atoms with Crippen molar-refractivity contribution in [2.75, 3.05) is 31.0 Å². The van der Waals surface area contributed by atoms with Crippen molar-refractivity contribution >= 4 is 40.5 Å². The van der Waals surface area contributed by atoms with Gasteiger partial charge in [0.05, 0.1) is 12.9 Å². The monoisotopic (exact) mass is 439 g/mol. The number of rotatable bonds is 8. The summed E-state index contributed by atoms with van der Waals surface area (Å²) in [5.41, 5.74) is 1.58. The minimum absolute atomic E-state index is 0.125. The second kappa shape index (κ2) is 10.9. The van der Waals surface area contributed by atoms with Crippen molar-refractivity contribution in [1.82, 2.24) is 5.32 Å². The maximum absolute atomic E-state index is 12.4. The fourth-order valence-electron chi connectivity index (χ4n) is 2.56. The van der Waals surface area contributed by atoms with Gasteiger partial charge in [-0.2, -0.15) is 0 Å². The zero-order chi connectivity index (χ0) is 22.1. The molecule has 0 unspecified atom stereocenters. The fraction of sp³-hybridized carbons (Fsp3) is 0.136. The van der Waals surface area contributed by atoms with E-state index in [9.17, 15) is 9.59 Å². The quantitative estimate of drug-likeness (QED) is 0.363.